The second-order valence-corrected chi connectivity index (χ2v) is 6.21. The number of rotatable bonds is 2. The molecule has 20 heavy (non-hydrogen) atoms. The Kier molecular flexibility index (Phi) is 3.86. The fourth-order valence-electron chi connectivity index (χ4n) is 2.81. The lowest BCUT2D eigenvalue weighted by atomic mass is 9.93. The van der Waals surface area contributed by atoms with Crippen LogP contribution in [-0.2, 0) is 13.0 Å². The summed E-state index contributed by atoms with van der Waals surface area (Å²) >= 11 is 12.1. The molecule has 1 aromatic heterocycles. The number of hydrogen-bond acceptors (Lipinski definition) is 2. The minimum atomic E-state index is 0.436. The quantitative estimate of drug-likeness (QED) is 0.755. The second-order valence-electron chi connectivity index (χ2n) is 5.42. The zero-order chi connectivity index (χ0) is 14.1. The summed E-state index contributed by atoms with van der Waals surface area (Å²) in [4.78, 5) is 6.51. The van der Waals surface area contributed by atoms with Crippen LogP contribution in [0.1, 0.15) is 18.1 Å². The van der Waals surface area contributed by atoms with Crippen LogP contribution in [0.4, 0.5) is 5.69 Å². The van der Waals surface area contributed by atoms with Crippen molar-refractivity contribution in [3.05, 3.63) is 57.8 Å². The summed E-state index contributed by atoms with van der Waals surface area (Å²) in [6, 6.07) is 10.3. The van der Waals surface area contributed by atoms with Crippen LogP contribution in [0, 0.1) is 5.92 Å². The molecule has 1 atom stereocenters. The van der Waals surface area contributed by atoms with Gasteiger partial charge in [0, 0.05) is 30.5 Å². The van der Waals surface area contributed by atoms with Crippen molar-refractivity contribution in [3.63, 3.8) is 0 Å². The molecule has 2 heterocycles. The minimum absolute atomic E-state index is 0.436. The number of benzene rings is 1. The van der Waals surface area contributed by atoms with E-state index in [0.717, 1.165) is 25.1 Å². The first-order valence-electron chi connectivity index (χ1n) is 6.76. The summed E-state index contributed by atoms with van der Waals surface area (Å²) < 4.78 is 0. The van der Waals surface area contributed by atoms with Crippen LogP contribution >= 0.6 is 23.2 Å². The molecule has 3 rings (SSSR count). The maximum Gasteiger partial charge on any atom is 0.130 e. The number of hydrogen-bond donors (Lipinski definition) is 0. The van der Waals surface area contributed by atoms with E-state index in [1.54, 1.807) is 12.3 Å². The first kappa shape index (κ1) is 13.7. The Morgan fingerprint density at radius 1 is 1.30 bits per heavy atom. The van der Waals surface area contributed by atoms with Gasteiger partial charge in [-0.25, -0.2) is 4.98 Å². The molecule has 2 aromatic rings. The highest BCUT2D eigenvalue weighted by atomic mass is 35.5. The van der Waals surface area contributed by atoms with Crippen molar-refractivity contribution < 1.29 is 0 Å². The van der Waals surface area contributed by atoms with Gasteiger partial charge in [-0.15, -0.1) is 0 Å². The lowest BCUT2D eigenvalue weighted by molar-refractivity contribution is 0.530. The van der Waals surface area contributed by atoms with Gasteiger partial charge in [0.25, 0.3) is 0 Å². The highest BCUT2D eigenvalue weighted by Crippen LogP contribution is 2.31. The van der Waals surface area contributed by atoms with E-state index in [1.165, 1.54) is 11.3 Å². The molecule has 0 fully saturated rings. The third-order valence-corrected chi connectivity index (χ3v) is 4.25. The third kappa shape index (κ3) is 2.77. The largest absolute Gasteiger partial charge is 0.367 e. The molecular weight excluding hydrogens is 291 g/mol. The van der Waals surface area contributed by atoms with Gasteiger partial charge >= 0.3 is 0 Å². The van der Waals surface area contributed by atoms with Crippen LogP contribution < -0.4 is 4.90 Å². The molecule has 2 nitrogen and oxygen atoms in total. The Labute approximate surface area is 129 Å². The van der Waals surface area contributed by atoms with E-state index >= 15 is 0 Å². The van der Waals surface area contributed by atoms with Gasteiger partial charge in [-0.05, 0) is 30.0 Å². The normalized spacial score (nSPS) is 17.9. The van der Waals surface area contributed by atoms with Crippen molar-refractivity contribution in [2.75, 3.05) is 11.4 Å². The van der Waals surface area contributed by atoms with Gasteiger partial charge in [-0.2, -0.15) is 0 Å². The molecule has 1 unspecified atom stereocenters. The molecule has 0 saturated heterocycles. The van der Waals surface area contributed by atoms with Gasteiger partial charge in [-0.1, -0.05) is 48.3 Å². The minimum Gasteiger partial charge on any atom is -0.367 e. The summed E-state index contributed by atoms with van der Waals surface area (Å²) in [5, 5.41) is 1.12. The number of fused-ring (bicyclic) bond motifs is 1. The van der Waals surface area contributed by atoms with E-state index in [-0.39, 0.29) is 0 Å². The summed E-state index contributed by atoms with van der Waals surface area (Å²) in [7, 11) is 0. The summed E-state index contributed by atoms with van der Waals surface area (Å²) in [5.41, 5.74) is 3.72. The van der Waals surface area contributed by atoms with Crippen LogP contribution in [0.5, 0.6) is 0 Å². The zero-order valence-electron chi connectivity index (χ0n) is 11.3. The van der Waals surface area contributed by atoms with Gasteiger partial charge < -0.3 is 4.90 Å². The van der Waals surface area contributed by atoms with Crippen LogP contribution in [0.15, 0.2) is 36.5 Å². The van der Waals surface area contributed by atoms with Crippen molar-refractivity contribution in [1.29, 1.82) is 0 Å². The lowest BCUT2D eigenvalue weighted by Gasteiger charge is -2.35. The molecule has 104 valence electrons. The molecule has 0 bridgehead atoms. The van der Waals surface area contributed by atoms with Crippen LogP contribution in [0.25, 0.3) is 0 Å². The van der Waals surface area contributed by atoms with E-state index in [2.05, 4.69) is 41.1 Å². The third-order valence-electron chi connectivity index (χ3n) is 3.69. The maximum atomic E-state index is 6.26. The van der Waals surface area contributed by atoms with E-state index < -0.39 is 0 Å². The Hall–Kier alpha value is -1.25. The Balaban J connectivity index is 1.91. The van der Waals surface area contributed by atoms with Crippen molar-refractivity contribution >= 4 is 28.9 Å². The van der Waals surface area contributed by atoms with Crippen LogP contribution in [-0.4, -0.2) is 11.5 Å². The highest BCUT2D eigenvalue weighted by Gasteiger charge is 2.22. The average Bonchev–Trinajstić information content (AvgIpc) is 2.41. The van der Waals surface area contributed by atoms with Gasteiger partial charge in [0.15, 0.2) is 0 Å². The predicted molar refractivity (Wildman–Crippen MR) is 84.6 cm³/mol. The van der Waals surface area contributed by atoms with E-state index in [0.29, 0.717) is 16.1 Å². The van der Waals surface area contributed by atoms with Gasteiger partial charge in [-0.3, -0.25) is 0 Å². The van der Waals surface area contributed by atoms with E-state index in [1.807, 2.05) is 0 Å². The summed E-state index contributed by atoms with van der Waals surface area (Å²) in [5.74, 6) is 0.643. The molecule has 0 saturated carbocycles. The number of para-hydroxylation sites is 1. The SMILES string of the molecule is CC1Cc2ccccc2N(Cc2cnc(Cl)cc2Cl)C1. The molecule has 1 aliphatic heterocycles. The number of nitrogens with zero attached hydrogens (tertiary/aromatic N) is 2. The molecular formula is C16H16Cl2N2. The average molecular weight is 307 g/mol. The molecule has 0 aliphatic carbocycles. The molecule has 1 aromatic carbocycles. The standard InChI is InChI=1S/C16H16Cl2N2/c1-11-6-12-4-2-3-5-15(12)20(9-11)10-13-8-19-16(18)7-14(13)17/h2-5,7-8,11H,6,9-10H2,1H3. The van der Waals surface area contributed by atoms with Crippen molar-refractivity contribution in [2.24, 2.45) is 5.92 Å². The lowest BCUT2D eigenvalue weighted by Crippen LogP contribution is -2.33. The topological polar surface area (TPSA) is 16.1 Å². The summed E-state index contributed by atoms with van der Waals surface area (Å²) in [6.45, 7) is 4.09. The van der Waals surface area contributed by atoms with Crippen molar-refractivity contribution in [2.45, 2.75) is 19.9 Å². The predicted octanol–water partition coefficient (Wildman–Crippen LogP) is 4.59. The molecule has 4 heteroatoms. The Morgan fingerprint density at radius 2 is 2.10 bits per heavy atom. The van der Waals surface area contributed by atoms with E-state index in [4.69, 9.17) is 23.2 Å². The molecule has 0 N–H and O–H groups in total. The fourth-order valence-corrected chi connectivity index (χ4v) is 3.24. The number of pyridine rings is 1. The highest BCUT2D eigenvalue weighted by molar-refractivity contribution is 6.34. The molecule has 0 spiro atoms. The van der Waals surface area contributed by atoms with Gasteiger partial charge in [0.05, 0.1) is 5.02 Å². The van der Waals surface area contributed by atoms with E-state index in [9.17, 15) is 0 Å². The van der Waals surface area contributed by atoms with Crippen molar-refractivity contribution in [3.8, 4) is 0 Å². The summed E-state index contributed by atoms with van der Waals surface area (Å²) in [6.07, 6.45) is 2.91. The fraction of sp³-hybridized carbons (Fsp3) is 0.312. The van der Waals surface area contributed by atoms with Crippen molar-refractivity contribution in [1.82, 2.24) is 4.98 Å². The monoisotopic (exact) mass is 306 g/mol. The number of anilines is 1. The number of aromatic nitrogens is 1. The first-order valence-corrected chi connectivity index (χ1v) is 7.52. The van der Waals surface area contributed by atoms with Crippen LogP contribution in [0.2, 0.25) is 10.2 Å². The molecule has 0 amide bonds. The van der Waals surface area contributed by atoms with Crippen LogP contribution in [0.3, 0.4) is 0 Å². The van der Waals surface area contributed by atoms with Gasteiger partial charge in [0.2, 0.25) is 0 Å². The maximum absolute atomic E-state index is 6.26. The zero-order valence-corrected chi connectivity index (χ0v) is 12.8. The first-order chi connectivity index (χ1) is 9.63. The Bertz CT molecular complexity index is 628. The Morgan fingerprint density at radius 3 is 2.90 bits per heavy atom. The molecule has 0 radical (unpaired) electrons. The second kappa shape index (κ2) is 5.63. The number of halogens is 2. The van der Waals surface area contributed by atoms with Gasteiger partial charge in [0.1, 0.15) is 5.15 Å². The smallest absolute Gasteiger partial charge is 0.130 e. The molecule has 1 aliphatic rings.